The standard InChI is InChI=1S/C22H26FN3O3/c1-16(27)24-13-4-2-3-8-21(28)25-15-17-6-5-7-20(14-17)26-22(29)18-9-11-19(23)12-10-18/h5-7,9-12,14H,2-4,8,13,15H2,1H3,(H,24,27)(H,25,28)(H,26,29). The molecule has 0 bridgehead atoms. The monoisotopic (exact) mass is 399 g/mol. The Morgan fingerprint density at radius 1 is 0.931 bits per heavy atom. The van der Waals surface area contributed by atoms with Gasteiger partial charge in [0.15, 0.2) is 0 Å². The van der Waals surface area contributed by atoms with E-state index in [4.69, 9.17) is 0 Å². The molecule has 2 rings (SSSR count). The molecule has 2 aromatic carbocycles. The molecule has 3 N–H and O–H groups in total. The normalized spacial score (nSPS) is 10.3. The van der Waals surface area contributed by atoms with Crippen molar-refractivity contribution >= 4 is 23.4 Å². The Kier molecular flexibility index (Phi) is 8.82. The number of benzene rings is 2. The molecule has 0 fully saturated rings. The minimum Gasteiger partial charge on any atom is -0.356 e. The molecule has 6 nitrogen and oxygen atoms in total. The molecular weight excluding hydrogens is 373 g/mol. The number of nitrogens with one attached hydrogen (secondary N) is 3. The molecule has 0 saturated heterocycles. The number of rotatable bonds is 10. The summed E-state index contributed by atoms with van der Waals surface area (Å²) in [5, 5.41) is 8.35. The maximum absolute atomic E-state index is 13.0. The fourth-order valence-corrected chi connectivity index (χ4v) is 2.70. The smallest absolute Gasteiger partial charge is 0.255 e. The largest absolute Gasteiger partial charge is 0.356 e. The molecule has 3 amide bonds. The van der Waals surface area contributed by atoms with E-state index in [1.54, 1.807) is 18.2 Å². The van der Waals surface area contributed by atoms with Crippen molar-refractivity contribution in [2.24, 2.45) is 0 Å². The molecule has 0 heterocycles. The van der Waals surface area contributed by atoms with Crippen LogP contribution in [0.5, 0.6) is 0 Å². The van der Waals surface area contributed by atoms with Crippen LogP contribution in [0.25, 0.3) is 0 Å². The van der Waals surface area contributed by atoms with Crippen LogP contribution in [0.3, 0.4) is 0 Å². The average molecular weight is 399 g/mol. The van der Waals surface area contributed by atoms with Crippen molar-refractivity contribution in [3.05, 3.63) is 65.5 Å². The second-order valence-electron chi connectivity index (χ2n) is 6.73. The van der Waals surface area contributed by atoms with Crippen molar-refractivity contribution in [2.75, 3.05) is 11.9 Å². The molecule has 0 aliphatic heterocycles. The van der Waals surface area contributed by atoms with E-state index in [0.29, 0.717) is 30.8 Å². The summed E-state index contributed by atoms with van der Waals surface area (Å²) < 4.78 is 13.0. The van der Waals surface area contributed by atoms with Gasteiger partial charge in [0.1, 0.15) is 5.82 Å². The zero-order valence-electron chi connectivity index (χ0n) is 16.5. The van der Waals surface area contributed by atoms with Gasteiger partial charge in [-0.3, -0.25) is 14.4 Å². The summed E-state index contributed by atoms with van der Waals surface area (Å²) in [4.78, 5) is 34.9. The predicted molar refractivity (Wildman–Crippen MR) is 110 cm³/mol. The molecular formula is C22H26FN3O3. The highest BCUT2D eigenvalue weighted by Gasteiger charge is 2.07. The zero-order valence-corrected chi connectivity index (χ0v) is 16.5. The molecule has 0 aromatic heterocycles. The molecule has 0 atom stereocenters. The zero-order chi connectivity index (χ0) is 21.1. The number of unbranched alkanes of at least 4 members (excludes halogenated alkanes) is 2. The molecule has 0 aliphatic rings. The Bertz CT molecular complexity index is 837. The van der Waals surface area contributed by atoms with Gasteiger partial charge in [0.05, 0.1) is 0 Å². The van der Waals surface area contributed by atoms with E-state index >= 15 is 0 Å². The Hall–Kier alpha value is -3.22. The fraction of sp³-hybridized carbons (Fsp3) is 0.318. The topological polar surface area (TPSA) is 87.3 Å². The second kappa shape index (κ2) is 11.6. The maximum Gasteiger partial charge on any atom is 0.255 e. The third-order valence-electron chi connectivity index (χ3n) is 4.24. The van der Waals surface area contributed by atoms with Crippen molar-refractivity contribution in [1.29, 1.82) is 0 Å². The Labute approximate surface area is 169 Å². The van der Waals surface area contributed by atoms with Crippen molar-refractivity contribution in [3.63, 3.8) is 0 Å². The van der Waals surface area contributed by atoms with Gasteiger partial charge in [0.2, 0.25) is 11.8 Å². The lowest BCUT2D eigenvalue weighted by Crippen LogP contribution is -2.23. The van der Waals surface area contributed by atoms with Gasteiger partial charge in [0.25, 0.3) is 5.91 Å². The first kappa shape index (κ1) is 22.1. The van der Waals surface area contributed by atoms with Crippen molar-refractivity contribution < 1.29 is 18.8 Å². The SMILES string of the molecule is CC(=O)NCCCCCC(=O)NCc1cccc(NC(=O)c2ccc(F)cc2)c1. The summed E-state index contributed by atoms with van der Waals surface area (Å²) in [7, 11) is 0. The molecule has 0 radical (unpaired) electrons. The first-order chi connectivity index (χ1) is 13.9. The Morgan fingerprint density at radius 3 is 2.41 bits per heavy atom. The molecule has 29 heavy (non-hydrogen) atoms. The lowest BCUT2D eigenvalue weighted by Gasteiger charge is -2.09. The van der Waals surface area contributed by atoms with E-state index in [-0.39, 0.29) is 17.7 Å². The van der Waals surface area contributed by atoms with Crippen LogP contribution in [0.1, 0.15) is 48.5 Å². The minimum absolute atomic E-state index is 0.0368. The quantitative estimate of drug-likeness (QED) is 0.535. The van der Waals surface area contributed by atoms with E-state index in [2.05, 4.69) is 16.0 Å². The van der Waals surface area contributed by atoms with E-state index in [1.807, 2.05) is 6.07 Å². The summed E-state index contributed by atoms with van der Waals surface area (Å²) in [5.41, 5.74) is 1.83. The van der Waals surface area contributed by atoms with Crippen molar-refractivity contribution in [3.8, 4) is 0 Å². The number of anilines is 1. The van der Waals surface area contributed by atoms with Gasteiger partial charge < -0.3 is 16.0 Å². The van der Waals surface area contributed by atoms with E-state index in [9.17, 15) is 18.8 Å². The van der Waals surface area contributed by atoms with Crippen LogP contribution in [0.4, 0.5) is 10.1 Å². The van der Waals surface area contributed by atoms with Gasteiger partial charge in [0, 0.05) is 37.7 Å². The minimum atomic E-state index is -0.396. The third-order valence-corrected chi connectivity index (χ3v) is 4.24. The number of hydrogen-bond acceptors (Lipinski definition) is 3. The number of carbonyl (C=O) groups excluding carboxylic acids is 3. The summed E-state index contributed by atoms with van der Waals surface area (Å²) in [5.74, 6) is -0.804. The highest BCUT2D eigenvalue weighted by molar-refractivity contribution is 6.04. The highest BCUT2D eigenvalue weighted by Crippen LogP contribution is 2.13. The summed E-state index contributed by atoms with van der Waals surface area (Å²) in [6.45, 7) is 2.48. The molecule has 154 valence electrons. The van der Waals surface area contributed by atoms with Crippen LogP contribution in [0.2, 0.25) is 0 Å². The maximum atomic E-state index is 13.0. The van der Waals surface area contributed by atoms with Gasteiger partial charge in [-0.15, -0.1) is 0 Å². The first-order valence-corrected chi connectivity index (χ1v) is 9.61. The third kappa shape index (κ3) is 8.55. The second-order valence-corrected chi connectivity index (χ2v) is 6.73. The van der Waals surface area contributed by atoms with Gasteiger partial charge in [-0.25, -0.2) is 4.39 Å². The van der Waals surface area contributed by atoms with Crippen molar-refractivity contribution in [1.82, 2.24) is 10.6 Å². The van der Waals surface area contributed by atoms with Crippen LogP contribution in [0.15, 0.2) is 48.5 Å². The van der Waals surface area contributed by atoms with Crippen LogP contribution in [0, 0.1) is 5.82 Å². The molecule has 0 spiro atoms. The van der Waals surface area contributed by atoms with Crippen LogP contribution < -0.4 is 16.0 Å². The predicted octanol–water partition coefficient (Wildman–Crippen LogP) is 3.39. The molecule has 0 aliphatic carbocycles. The highest BCUT2D eigenvalue weighted by atomic mass is 19.1. The number of hydrogen-bond donors (Lipinski definition) is 3. The lowest BCUT2D eigenvalue weighted by molar-refractivity contribution is -0.121. The van der Waals surface area contributed by atoms with E-state index in [1.165, 1.54) is 31.2 Å². The van der Waals surface area contributed by atoms with Crippen LogP contribution in [-0.2, 0) is 16.1 Å². The Morgan fingerprint density at radius 2 is 1.69 bits per heavy atom. The molecule has 2 aromatic rings. The summed E-state index contributed by atoms with van der Waals surface area (Å²) in [6, 6.07) is 12.5. The Balaban J connectivity index is 1.73. The summed E-state index contributed by atoms with van der Waals surface area (Å²) in [6.07, 6.45) is 2.92. The van der Waals surface area contributed by atoms with Gasteiger partial charge in [-0.1, -0.05) is 18.6 Å². The van der Waals surface area contributed by atoms with Crippen LogP contribution >= 0.6 is 0 Å². The molecule has 0 unspecified atom stereocenters. The van der Waals surface area contributed by atoms with Crippen molar-refractivity contribution in [2.45, 2.75) is 39.2 Å². The number of halogens is 1. The fourth-order valence-electron chi connectivity index (χ4n) is 2.70. The number of carbonyl (C=O) groups is 3. The summed E-state index contributed by atoms with van der Waals surface area (Å²) >= 11 is 0. The lowest BCUT2D eigenvalue weighted by atomic mass is 10.1. The van der Waals surface area contributed by atoms with Crippen LogP contribution in [-0.4, -0.2) is 24.3 Å². The average Bonchev–Trinajstić information content (AvgIpc) is 2.69. The van der Waals surface area contributed by atoms with E-state index < -0.39 is 5.82 Å². The first-order valence-electron chi connectivity index (χ1n) is 9.61. The number of amides is 3. The van der Waals surface area contributed by atoms with E-state index in [0.717, 1.165) is 24.8 Å². The molecule has 7 heteroatoms. The molecule has 0 saturated carbocycles. The van der Waals surface area contributed by atoms with Gasteiger partial charge in [-0.2, -0.15) is 0 Å². The van der Waals surface area contributed by atoms with Gasteiger partial charge >= 0.3 is 0 Å². The van der Waals surface area contributed by atoms with Gasteiger partial charge in [-0.05, 0) is 54.8 Å².